The molecule has 1 radical (unpaired) electrons. The van der Waals surface area contributed by atoms with Crippen molar-refractivity contribution in [2.75, 3.05) is 0 Å². The summed E-state index contributed by atoms with van der Waals surface area (Å²) in [5, 5.41) is 30.8. The molecule has 0 saturated heterocycles. The molecule has 0 spiro atoms. The number of fused-ring (bicyclic) bond motifs is 2. The minimum Gasteiger partial charge on any atom is -0.872 e. The summed E-state index contributed by atoms with van der Waals surface area (Å²) in [6.07, 6.45) is 2.83. The van der Waals surface area contributed by atoms with E-state index in [-0.39, 0.29) is 61.5 Å². The summed E-state index contributed by atoms with van der Waals surface area (Å²) in [6.45, 7) is 3.61. The molecule has 0 aliphatic carbocycles. The van der Waals surface area contributed by atoms with E-state index in [4.69, 9.17) is 8.83 Å². The Bertz CT molecular complexity index is 2560. The van der Waals surface area contributed by atoms with Crippen LogP contribution in [0.15, 0.2) is 136 Å². The van der Waals surface area contributed by atoms with E-state index < -0.39 is 11.3 Å². The quantitative estimate of drug-likeness (QED) is 0.134. The van der Waals surface area contributed by atoms with Gasteiger partial charge < -0.3 is 30.0 Å². The molecule has 0 amide bonds. The second kappa shape index (κ2) is 18.3. The van der Waals surface area contributed by atoms with Gasteiger partial charge in [0.2, 0.25) is 10.3 Å². The number of nitrogens with zero attached hydrogens (tertiary/aromatic N) is 4. The fourth-order valence-corrected chi connectivity index (χ4v) is 6.73. The van der Waals surface area contributed by atoms with Crippen molar-refractivity contribution in [2.45, 2.75) is 13.8 Å². The van der Waals surface area contributed by atoms with E-state index in [0.29, 0.717) is 10.3 Å². The molecule has 4 aromatic carbocycles. The molecule has 0 aliphatic rings. The van der Waals surface area contributed by atoms with Crippen LogP contribution >= 0.6 is 22.7 Å². The number of hydrogen-bond donors (Lipinski definition) is 0. The zero-order valence-electron chi connectivity index (χ0n) is 28.9. The first-order valence-corrected chi connectivity index (χ1v) is 17.6. The molecule has 0 atom stereocenters. The van der Waals surface area contributed by atoms with Crippen molar-refractivity contribution in [2.24, 2.45) is 9.98 Å². The van der Waals surface area contributed by atoms with Crippen molar-refractivity contribution in [3.05, 3.63) is 151 Å². The summed E-state index contributed by atoms with van der Waals surface area (Å²) < 4.78 is 10.5. The predicted molar refractivity (Wildman–Crippen MR) is 210 cm³/mol. The topological polar surface area (TPSA) is 220 Å². The smallest absolute Gasteiger partial charge is 0.872 e. The number of rotatable bonds is 6. The number of aryl methyl sites for hydroxylation is 2. The Balaban J connectivity index is 0.000000232. The van der Waals surface area contributed by atoms with Crippen LogP contribution in [0.3, 0.4) is 0 Å². The fraction of sp³-hybridized carbons (Fsp3) is 0.0500. The van der Waals surface area contributed by atoms with Crippen molar-refractivity contribution in [3.63, 3.8) is 0 Å². The van der Waals surface area contributed by atoms with E-state index in [1.165, 1.54) is 59.4 Å². The van der Waals surface area contributed by atoms with Crippen LogP contribution < -0.4 is 21.5 Å². The van der Waals surface area contributed by atoms with Crippen molar-refractivity contribution in [1.82, 2.24) is 9.97 Å². The SMILES string of the molecule is Cc1cc(=O)oc2c(/C=N\c3nc(-c4ccccc4)cs3)c([O-])ccc12.Cc1cc(=O)oc2c(/C=N\c3nc(-c4ccccc4)cs3)c([O-])ccc12.O.O.[Co+2]. The first kappa shape index (κ1) is 41.7. The summed E-state index contributed by atoms with van der Waals surface area (Å²) in [4.78, 5) is 40.9. The minimum atomic E-state index is -0.490. The maximum absolute atomic E-state index is 12.2. The third kappa shape index (κ3) is 9.36. The van der Waals surface area contributed by atoms with Crippen LogP contribution in [0.2, 0.25) is 0 Å². The van der Waals surface area contributed by atoms with E-state index in [1.54, 1.807) is 26.0 Å². The van der Waals surface area contributed by atoms with Gasteiger partial charge in [0, 0.05) is 68.3 Å². The summed E-state index contributed by atoms with van der Waals surface area (Å²) in [5.41, 5.74) is 5.19. The van der Waals surface area contributed by atoms with Gasteiger partial charge in [0.05, 0.1) is 11.4 Å². The molecule has 0 saturated carbocycles. The van der Waals surface area contributed by atoms with Crippen molar-refractivity contribution < 1.29 is 46.8 Å². The predicted octanol–water partition coefficient (Wildman–Crippen LogP) is 6.45. The molecule has 0 unspecified atom stereocenters. The van der Waals surface area contributed by atoms with E-state index in [1.807, 2.05) is 71.4 Å². The Morgan fingerprint density at radius 3 is 1.36 bits per heavy atom. The van der Waals surface area contributed by atoms with Crippen LogP contribution in [-0.4, -0.2) is 33.3 Å². The van der Waals surface area contributed by atoms with Crippen LogP contribution in [0.5, 0.6) is 11.5 Å². The van der Waals surface area contributed by atoms with Crippen LogP contribution in [0.25, 0.3) is 44.5 Å². The second-order valence-electron chi connectivity index (χ2n) is 11.5. The van der Waals surface area contributed by atoms with Gasteiger partial charge in [-0.05, 0) is 25.0 Å². The molecular formula is C40H30CoN4O8S2. The van der Waals surface area contributed by atoms with Gasteiger partial charge in [-0.3, -0.25) is 0 Å². The molecule has 0 fully saturated rings. The number of benzene rings is 4. The Hall–Kier alpha value is -6.07. The zero-order chi connectivity index (χ0) is 36.2. The summed E-state index contributed by atoms with van der Waals surface area (Å²) in [6, 6.07) is 28.6. The summed E-state index contributed by atoms with van der Waals surface area (Å²) >= 11 is 2.76. The monoisotopic (exact) mass is 817 g/mol. The Morgan fingerprint density at radius 2 is 0.982 bits per heavy atom. The maximum atomic E-state index is 12.2. The van der Waals surface area contributed by atoms with Crippen LogP contribution in [0.1, 0.15) is 22.3 Å². The molecule has 0 bridgehead atoms. The van der Waals surface area contributed by atoms with E-state index >= 15 is 0 Å². The van der Waals surface area contributed by atoms with Crippen LogP contribution in [0.4, 0.5) is 10.3 Å². The van der Waals surface area contributed by atoms with E-state index in [0.717, 1.165) is 44.4 Å². The Labute approximate surface area is 331 Å². The van der Waals surface area contributed by atoms with Crippen molar-refractivity contribution >= 4 is 67.3 Å². The average Bonchev–Trinajstić information content (AvgIpc) is 3.82. The molecular weight excluding hydrogens is 788 g/mol. The van der Waals surface area contributed by atoms with Gasteiger partial charge in [-0.1, -0.05) is 96.4 Å². The van der Waals surface area contributed by atoms with Gasteiger partial charge in [0.1, 0.15) is 11.2 Å². The second-order valence-corrected chi connectivity index (χ2v) is 13.2. The number of aliphatic imine (C=N–C) groups is 2. The van der Waals surface area contributed by atoms with Crippen LogP contribution in [-0.2, 0) is 16.8 Å². The third-order valence-electron chi connectivity index (χ3n) is 7.97. The fourth-order valence-electron chi connectivity index (χ4n) is 5.39. The molecule has 4 N–H and O–H groups in total. The number of aromatic nitrogens is 2. The van der Waals surface area contributed by atoms with Gasteiger partial charge >= 0.3 is 28.0 Å². The van der Waals surface area contributed by atoms with Gasteiger partial charge in [0.25, 0.3) is 0 Å². The molecule has 15 heteroatoms. The minimum absolute atomic E-state index is 0. The van der Waals surface area contributed by atoms with Crippen molar-refractivity contribution in [3.8, 4) is 34.0 Å². The number of hydrogen-bond acceptors (Lipinski definition) is 12. The molecule has 8 rings (SSSR count). The molecule has 4 heterocycles. The Morgan fingerprint density at radius 1 is 0.600 bits per heavy atom. The number of thiazole rings is 2. The molecule has 8 aromatic rings. The third-order valence-corrected chi connectivity index (χ3v) is 9.46. The first-order chi connectivity index (χ1) is 25.2. The molecule has 0 aliphatic heterocycles. The largest absolute Gasteiger partial charge is 2.00 e. The Kier molecular flexibility index (Phi) is 13.9. The van der Waals surface area contributed by atoms with Crippen LogP contribution in [0, 0.1) is 13.8 Å². The van der Waals surface area contributed by atoms with Gasteiger partial charge in [-0.15, -0.1) is 22.7 Å². The van der Waals surface area contributed by atoms with Crippen molar-refractivity contribution in [1.29, 1.82) is 0 Å². The maximum Gasteiger partial charge on any atom is 2.00 e. The van der Waals surface area contributed by atoms with E-state index in [2.05, 4.69) is 20.0 Å². The molecule has 279 valence electrons. The standard InChI is InChI=1S/2C20H14N2O3S.Co.2H2O/c2*1-12-9-18(24)25-19-14(12)7-8-17(23)15(19)10-21-20-22-16(11-26-20)13-5-3-2-4-6-13;;;/h2*2-11,23H,1H3;;2*1H2/q;;+2;;/p-2/b2*21-10-;;;. The molecule has 55 heavy (non-hydrogen) atoms. The molecule has 12 nitrogen and oxygen atoms in total. The summed E-state index contributed by atoms with van der Waals surface area (Å²) in [5.74, 6) is -0.510. The van der Waals surface area contributed by atoms with Gasteiger partial charge in [-0.2, -0.15) is 0 Å². The summed E-state index contributed by atoms with van der Waals surface area (Å²) in [7, 11) is 0. The zero-order valence-corrected chi connectivity index (χ0v) is 31.6. The molecule has 4 aromatic heterocycles. The van der Waals surface area contributed by atoms with Gasteiger partial charge in [0.15, 0.2) is 0 Å². The normalized spacial score (nSPS) is 10.8. The van der Waals surface area contributed by atoms with Gasteiger partial charge in [-0.25, -0.2) is 29.5 Å². The first-order valence-electron chi connectivity index (χ1n) is 15.8. The van der Waals surface area contributed by atoms with E-state index in [9.17, 15) is 19.8 Å². The average molecular weight is 818 g/mol.